The van der Waals surface area contributed by atoms with Crippen molar-refractivity contribution >= 4 is 29.1 Å². The molecule has 2 amide bonds. The molecule has 3 heterocycles. The van der Waals surface area contributed by atoms with Crippen LogP contribution in [-0.2, 0) is 26.3 Å². The first-order chi connectivity index (χ1) is 14.8. The van der Waals surface area contributed by atoms with Crippen molar-refractivity contribution in [3.63, 3.8) is 0 Å². The summed E-state index contributed by atoms with van der Waals surface area (Å²) in [6.07, 6.45) is 3.84. The van der Waals surface area contributed by atoms with E-state index in [1.165, 1.54) is 4.88 Å². The molecule has 1 spiro atoms. The number of thiophene rings is 1. The topological polar surface area (TPSA) is 128 Å². The SMILES string of the molecule is CC(=O)O.CNCC(=O)N1CCC2(CC1)OCCc1sc(C(=O)NCCCCO)cc12. The maximum absolute atomic E-state index is 12.4. The van der Waals surface area contributed by atoms with Crippen LogP contribution in [0.15, 0.2) is 6.07 Å². The highest BCUT2D eigenvalue weighted by atomic mass is 32.1. The Kier molecular flexibility index (Phi) is 9.89. The first-order valence-electron chi connectivity index (χ1n) is 10.6. The minimum Gasteiger partial charge on any atom is -0.481 e. The molecule has 0 aliphatic carbocycles. The number of likely N-dealkylation sites (N-methyl/N-ethyl adjacent to an activating group) is 1. The predicted molar refractivity (Wildman–Crippen MR) is 117 cm³/mol. The van der Waals surface area contributed by atoms with Gasteiger partial charge >= 0.3 is 0 Å². The summed E-state index contributed by atoms with van der Waals surface area (Å²) in [6.45, 7) is 4.19. The number of carboxylic acid groups (broad SMARTS) is 1. The molecule has 31 heavy (non-hydrogen) atoms. The average molecular weight is 456 g/mol. The number of likely N-dealkylation sites (tertiary alicyclic amines) is 1. The number of unbranched alkanes of at least 4 members (excludes halogenated alkanes) is 1. The quantitative estimate of drug-likeness (QED) is 0.451. The van der Waals surface area contributed by atoms with Gasteiger partial charge in [0.25, 0.3) is 11.9 Å². The highest BCUT2D eigenvalue weighted by Gasteiger charge is 2.43. The molecule has 0 atom stereocenters. The van der Waals surface area contributed by atoms with Crippen LogP contribution >= 0.6 is 11.3 Å². The number of fused-ring (bicyclic) bond motifs is 2. The summed E-state index contributed by atoms with van der Waals surface area (Å²) in [7, 11) is 1.78. The van der Waals surface area contributed by atoms with Crippen LogP contribution in [0.4, 0.5) is 0 Å². The highest BCUT2D eigenvalue weighted by Crippen LogP contribution is 2.44. The van der Waals surface area contributed by atoms with Crippen LogP contribution in [-0.4, -0.2) is 79.3 Å². The normalized spacial score (nSPS) is 16.8. The van der Waals surface area contributed by atoms with Gasteiger partial charge in [0.15, 0.2) is 0 Å². The zero-order valence-corrected chi connectivity index (χ0v) is 19.1. The maximum Gasteiger partial charge on any atom is 0.300 e. The summed E-state index contributed by atoms with van der Waals surface area (Å²) in [5, 5.41) is 22.1. The van der Waals surface area contributed by atoms with Gasteiger partial charge in [-0.3, -0.25) is 14.4 Å². The van der Waals surface area contributed by atoms with Gasteiger partial charge in [0.1, 0.15) is 0 Å². The Hall–Kier alpha value is -2.01. The zero-order valence-electron chi connectivity index (χ0n) is 18.2. The molecule has 1 aromatic heterocycles. The summed E-state index contributed by atoms with van der Waals surface area (Å²) in [6, 6.07) is 1.99. The second kappa shape index (κ2) is 12.1. The first-order valence-corrected chi connectivity index (χ1v) is 11.4. The number of nitrogens with zero attached hydrogens (tertiary/aromatic N) is 1. The lowest BCUT2D eigenvalue weighted by Crippen LogP contribution is -2.49. The summed E-state index contributed by atoms with van der Waals surface area (Å²) < 4.78 is 6.22. The Morgan fingerprint density at radius 1 is 1.26 bits per heavy atom. The fourth-order valence-corrected chi connectivity index (χ4v) is 5.00. The minimum atomic E-state index is -0.833. The molecule has 0 aromatic carbocycles. The van der Waals surface area contributed by atoms with Gasteiger partial charge in [0.2, 0.25) is 5.91 Å². The van der Waals surface area contributed by atoms with Gasteiger partial charge in [0.05, 0.1) is 23.6 Å². The Balaban J connectivity index is 0.000000785. The molecule has 1 aromatic rings. The lowest BCUT2D eigenvalue weighted by atomic mass is 9.82. The van der Waals surface area contributed by atoms with E-state index < -0.39 is 5.97 Å². The van der Waals surface area contributed by atoms with Crippen LogP contribution in [0.3, 0.4) is 0 Å². The van der Waals surface area contributed by atoms with Crippen molar-refractivity contribution in [2.75, 3.05) is 46.4 Å². The molecule has 174 valence electrons. The van der Waals surface area contributed by atoms with Crippen molar-refractivity contribution in [2.24, 2.45) is 0 Å². The van der Waals surface area contributed by atoms with Crippen molar-refractivity contribution in [1.82, 2.24) is 15.5 Å². The third kappa shape index (κ3) is 6.99. The molecule has 0 saturated carbocycles. The van der Waals surface area contributed by atoms with Gasteiger partial charge in [-0.25, -0.2) is 0 Å². The van der Waals surface area contributed by atoms with Crippen molar-refractivity contribution in [3.8, 4) is 0 Å². The number of carbonyl (C=O) groups is 3. The average Bonchev–Trinajstić information content (AvgIpc) is 3.18. The van der Waals surface area contributed by atoms with Crippen molar-refractivity contribution in [2.45, 2.75) is 44.6 Å². The molecule has 10 heteroatoms. The number of ether oxygens (including phenoxy) is 1. The third-order valence-corrected chi connectivity index (χ3v) is 6.55. The Morgan fingerprint density at radius 3 is 2.55 bits per heavy atom. The molecule has 4 N–H and O–H groups in total. The molecule has 2 aliphatic heterocycles. The Labute approximate surface area is 186 Å². The van der Waals surface area contributed by atoms with Crippen LogP contribution in [0.25, 0.3) is 0 Å². The lowest BCUT2D eigenvalue weighted by Gasteiger charge is -2.44. The van der Waals surface area contributed by atoms with Crippen LogP contribution in [0, 0.1) is 0 Å². The summed E-state index contributed by atoms with van der Waals surface area (Å²) in [5.41, 5.74) is 0.774. The van der Waals surface area contributed by atoms with Gasteiger partial charge in [-0.05, 0) is 44.4 Å². The number of aliphatic carboxylic acids is 1. The molecular weight excluding hydrogens is 422 g/mol. The fraction of sp³-hybridized carbons (Fsp3) is 0.667. The highest BCUT2D eigenvalue weighted by molar-refractivity contribution is 7.14. The zero-order chi connectivity index (χ0) is 22.9. The summed E-state index contributed by atoms with van der Waals surface area (Å²) >= 11 is 1.56. The van der Waals surface area contributed by atoms with Crippen LogP contribution < -0.4 is 10.6 Å². The number of aliphatic hydroxyl groups is 1. The maximum atomic E-state index is 12.4. The molecule has 0 radical (unpaired) electrons. The van der Waals surface area contributed by atoms with E-state index in [0.29, 0.717) is 39.2 Å². The predicted octanol–water partition coefficient (Wildman–Crippen LogP) is 0.951. The standard InChI is InChI=1S/C19H29N3O4S.C2H4O2/c1-20-13-17(24)22-8-5-19(6-9-22)14-12-16(27-15(14)4-11-26-19)18(25)21-7-2-3-10-23;1-2(3)4/h12,20,23H,2-11,13H2,1H3,(H,21,25);1H3,(H,3,4). The van der Waals surface area contributed by atoms with E-state index in [-0.39, 0.29) is 24.0 Å². The number of hydrogen-bond donors (Lipinski definition) is 4. The Bertz CT molecular complexity index is 754. The number of amides is 2. The first kappa shape index (κ1) is 25.3. The van der Waals surface area contributed by atoms with Gasteiger partial charge in [-0.2, -0.15) is 0 Å². The van der Waals surface area contributed by atoms with Crippen LogP contribution in [0.5, 0.6) is 0 Å². The van der Waals surface area contributed by atoms with E-state index in [4.69, 9.17) is 19.7 Å². The number of carbonyl (C=O) groups excluding carboxylic acids is 2. The fourth-order valence-electron chi connectivity index (χ4n) is 3.85. The van der Waals surface area contributed by atoms with E-state index in [9.17, 15) is 9.59 Å². The largest absolute Gasteiger partial charge is 0.481 e. The lowest BCUT2D eigenvalue weighted by molar-refractivity contribution is -0.139. The van der Waals surface area contributed by atoms with Gasteiger partial charge < -0.3 is 30.5 Å². The van der Waals surface area contributed by atoms with E-state index in [0.717, 1.165) is 43.0 Å². The molecule has 3 rings (SSSR count). The summed E-state index contributed by atoms with van der Waals surface area (Å²) in [5.74, 6) is -0.763. The smallest absolute Gasteiger partial charge is 0.300 e. The second-order valence-corrected chi connectivity index (χ2v) is 8.79. The number of carboxylic acids is 1. The summed E-state index contributed by atoms with van der Waals surface area (Å²) in [4.78, 5) is 37.4. The second-order valence-electron chi connectivity index (χ2n) is 7.66. The number of aliphatic hydroxyl groups excluding tert-OH is 1. The molecule has 1 saturated heterocycles. The van der Waals surface area contributed by atoms with Gasteiger partial charge in [0, 0.05) is 44.5 Å². The van der Waals surface area contributed by atoms with Gasteiger partial charge in [-0.15, -0.1) is 11.3 Å². The number of piperidine rings is 1. The third-order valence-electron chi connectivity index (χ3n) is 5.35. The van der Waals surface area contributed by atoms with Crippen LogP contribution in [0.1, 0.15) is 52.7 Å². The van der Waals surface area contributed by atoms with E-state index >= 15 is 0 Å². The van der Waals surface area contributed by atoms with Crippen molar-refractivity contribution < 1.29 is 29.3 Å². The van der Waals surface area contributed by atoms with E-state index in [1.54, 1.807) is 18.4 Å². The molecular formula is C21H33N3O6S. The van der Waals surface area contributed by atoms with Crippen LogP contribution in [0.2, 0.25) is 0 Å². The molecule has 9 nitrogen and oxygen atoms in total. The monoisotopic (exact) mass is 455 g/mol. The number of rotatable bonds is 7. The van der Waals surface area contributed by atoms with Crippen molar-refractivity contribution in [1.29, 1.82) is 0 Å². The molecule has 2 aliphatic rings. The van der Waals surface area contributed by atoms with E-state index in [2.05, 4.69) is 10.6 Å². The Morgan fingerprint density at radius 2 is 1.94 bits per heavy atom. The van der Waals surface area contributed by atoms with Crippen molar-refractivity contribution in [3.05, 3.63) is 21.4 Å². The molecule has 0 bridgehead atoms. The molecule has 0 unspecified atom stereocenters. The number of hydrogen-bond acceptors (Lipinski definition) is 7. The number of nitrogens with one attached hydrogen (secondary N) is 2. The van der Waals surface area contributed by atoms with E-state index in [1.807, 2.05) is 11.0 Å². The molecule has 1 fully saturated rings. The minimum absolute atomic E-state index is 0.0517. The van der Waals surface area contributed by atoms with Gasteiger partial charge in [-0.1, -0.05) is 0 Å².